The van der Waals surface area contributed by atoms with Crippen molar-refractivity contribution in [2.24, 2.45) is 0 Å². The van der Waals surface area contributed by atoms with Crippen LogP contribution in [0, 0.1) is 3.57 Å². The third-order valence-electron chi connectivity index (χ3n) is 2.37. The number of rotatable bonds is 7. The zero-order valence-electron chi connectivity index (χ0n) is 10.0. The average molecular weight is 377 g/mol. The predicted octanol–water partition coefficient (Wildman–Crippen LogP) is 3.04. The molecule has 0 saturated carbocycles. The SMILES string of the molecule is C=CCCN(CC=C)S(=O)(=O)c1ccccc1I. The number of hydrogen-bond acceptors (Lipinski definition) is 2. The summed E-state index contributed by atoms with van der Waals surface area (Å²) < 4.78 is 27.1. The Balaban J connectivity index is 3.12. The minimum atomic E-state index is -3.46. The molecule has 0 aliphatic heterocycles. The van der Waals surface area contributed by atoms with Gasteiger partial charge in [0.05, 0.1) is 4.90 Å². The first-order valence-corrected chi connectivity index (χ1v) is 8.02. The molecule has 0 aromatic heterocycles. The number of nitrogens with zero attached hydrogens (tertiary/aromatic N) is 1. The van der Waals surface area contributed by atoms with Gasteiger partial charge in [-0.25, -0.2) is 8.42 Å². The molecule has 0 N–H and O–H groups in total. The summed E-state index contributed by atoms with van der Waals surface area (Å²) in [5, 5.41) is 0. The van der Waals surface area contributed by atoms with Gasteiger partial charge < -0.3 is 0 Å². The quantitative estimate of drug-likeness (QED) is 0.541. The standard InChI is InChI=1S/C13H16INO2S/c1-3-5-11-15(10-4-2)18(16,17)13-9-7-6-8-12(13)14/h3-4,6-9H,1-2,5,10-11H2. The van der Waals surface area contributed by atoms with E-state index in [4.69, 9.17) is 0 Å². The van der Waals surface area contributed by atoms with Crippen LogP contribution in [0.2, 0.25) is 0 Å². The van der Waals surface area contributed by atoms with Crippen molar-refractivity contribution in [1.29, 1.82) is 0 Å². The zero-order chi connectivity index (χ0) is 13.6. The number of hydrogen-bond donors (Lipinski definition) is 0. The molecule has 0 bridgehead atoms. The molecule has 0 saturated heterocycles. The van der Waals surface area contributed by atoms with Gasteiger partial charge in [0.15, 0.2) is 0 Å². The fourth-order valence-corrected chi connectivity index (χ4v) is 4.19. The maximum absolute atomic E-state index is 12.5. The third-order valence-corrected chi connectivity index (χ3v) is 5.60. The molecule has 0 aliphatic carbocycles. The molecule has 18 heavy (non-hydrogen) atoms. The second-order valence-corrected chi connectivity index (χ2v) is 6.73. The van der Waals surface area contributed by atoms with Gasteiger partial charge in [0, 0.05) is 16.7 Å². The average Bonchev–Trinajstić information content (AvgIpc) is 2.34. The first-order chi connectivity index (χ1) is 8.54. The van der Waals surface area contributed by atoms with Crippen molar-refractivity contribution in [3.8, 4) is 0 Å². The van der Waals surface area contributed by atoms with Crippen LogP contribution in [0.1, 0.15) is 6.42 Å². The summed E-state index contributed by atoms with van der Waals surface area (Å²) in [5.74, 6) is 0. The molecule has 0 heterocycles. The first kappa shape index (κ1) is 15.4. The highest BCUT2D eigenvalue weighted by molar-refractivity contribution is 14.1. The van der Waals surface area contributed by atoms with Crippen molar-refractivity contribution in [1.82, 2.24) is 4.31 Å². The Morgan fingerprint density at radius 3 is 2.44 bits per heavy atom. The van der Waals surface area contributed by atoms with Crippen LogP contribution in [0.3, 0.4) is 0 Å². The van der Waals surface area contributed by atoms with Gasteiger partial charge in [0.25, 0.3) is 0 Å². The van der Waals surface area contributed by atoms with Crippen LogP contribution in [0.4, 0.5) is 0 Å². The molecule has 1 aromatic rings. The minimum absolute atomic E-state index is 0.307. The molecule has 0 spiro atoms. The lowest BCUT2D eigenvalue weighted by molar-refractivity contribution is 0.448. The van der Waals surface area contributed by atoms with E-state index in [0.717, 1.165) is 3.57 Å². The molecular weight excluding hydrogens is 361 g/mol. The van der Waals surface area contributed by atoms with E-state index in [1.807, 2.05) is 28.7 Å². The second kappa shape index (κ2) is 7.06. The topological polar surface area (TPSA) is 37.4 Å². The van der Waals surface area contributed by atoms with Crippen LogP contribution in [-0.2, 0) is 10.0 Å². The first-order valence-electron chi connectivity index (χ1n) is 5.50. The molecule has 0 atom stereocenters. The van der Waals surface area contributed by atoms with Crippen LogP contribution in [-0.4, -0.2) is 25.8 Å². The van der Waals surface area contributed by atoms with Gasteiger partial charge in [-0.05, 0) is 41.1 Å². The van der Waals surface area contributed by atoms with E-state index < -0.39 is 10.0 Å². The largest absolute Gasteiger partial charge is 0.244 e. The molecule has 1 rings (SSSR count). The van der Waals surface area contributed by atoms with Crippen molar-refractivity contribution in [3.05, 3.63) is 53.1 Å². The van der Waals surface area contributed by atoms with Gasteiger partial charge in [0.2, 0.25) is 10.0 Å². The monoisotopic (exact) mass is 377 g/mol. The molecule has 0 unspecified atom stereocenters. The Morgan fingerprint density at radius 1 is 1.22 bits per heavy atom. The molecular formula is C13H16INO2S. The number of halogens is 1. The van der Waals surface area contributed by atoms with Gasteiger partial charge in [0.1, 0.15) is 0 Å². The van der Waals surface area contributed by atoms with Crippen molar-refractivity contribution in [2.45, 2.75) is 11.3 Å². The highest BCUT2D eigenvalue weighted by Gasteiger charge is 2.24. The van der Waals surface area contributed by atoms with Gasteiger partial charge in [-0.15, -0.1) is 13.2 Å². The lowest BCUT2D eigenvalue weighted by Crippen LogP contribution is -2.32. The normalized spacial score (nSPS) is 11.4. The lowest BCUT2D eigenvalue weighted by atomic mass is 10.4. The van der Waals surface area contributed by atoms with Gasteiger partial charge in [-0.3, -0.25) is 0 Å². The highest BCUT2D eigenvalue weighted by Crippen LogP contribution is 2.21. The van der Waals surface area contributed by atoms with Crippen LogP contribution < -0.4 is 0 Å². The maximum Gasteiger partial charge on any atom is 0.244 e. The van der Waals surface area contributed by atoms with Crippen LogP contribution in [0.25, 0.3) is 0 Å². The molecule has 98 valence electrons. The van der Waals surface area contributed by atoms with Crippen molar-refractivity contribution in [3.63, 3.8) is 0 Å². The Kier molecular flexibility index (Phi) is 6.04. The predicted molar refractivity (Wildman–Crippen MR) is 82.9 cm³/mol. The summed E-state index contributed by atoms with van der Waals surface area (Å²) in [6, 6.07) is 6.96. The fraction of sp³-hybridized carbons (Fsp3) is 0.231. The highest BCUT2D eigenvalue weighted by atomic mass is 127. The fourth-order valence-electron chi connectivity index (χ4n) is 1.48. The minimum Gasteiger partial charge on any atom is -0.207 e. The van der Waals surface area contributed by atoms with Crippen molar-refractivity contribution in [2.75, 3.05) is 13.1 Å². The summed E-state index contributed by atoms with van der Waals surface area (Å²) in [6.45, 7) is 7.95. The lowest BCUT2D eigenvalue weighted by Gasteiger charge is -2.20. The smallest absolute Gasteiger partial charge is 0.207 e. The van der Waals surface area contributed by atoms with E-state index in [-0.39, 0.29) is 0 Å². The maximum atomic E-state index is 12.5. The summed E-state index contributed by atoms with van der Waals surface area (Å²) in [6.07, 6.45) is 3.93. The van der Waals surface area contributed by atoms with E-state index in [1.54, 1.807) is 30.4 Å². The van der Waals surface area contributed by atoms with Crippen molar-refractivity contribution >= 4 is 32.6 Å². The number of benzene rings is 1. The van der Waals surface area contributed by atoms with Crippen LogP contribution in [0.15, 0.2) is 54.5 Å². The molecule has 5 heteroatoms. The Labute approximate surface area is 122 Å². The third kappa shape index (κ3) is 3.66. The van der Waals surface area contributed by atoms with Crippen LogP contribution >= 0.6 is 22.6 Å². The summed E-state index contributed by atoms with van der Waals surface area (Å²) in [4.78, 5) is 0.344. The molecule has 1 aromatic carbocycles. The van der Waals surface area contributed by atoms with Gasteiger partial charge >= 0.3 is 0 Å². The van der Waals surface area contributed by atoms with E-state index in [0.29, 0.717) is 24.4 Å². The Morgan fingerprint density at radius 2 is 1.89 bits per heavy atom. The molecule has 0 radical (unpaired) electrons. The van der Waals surface area contributed by atoms with E-state index >= 15 is 0 Å². The van der Waals surface area contributed by atoms with E-state index in [2.05, 4.69) is 13.2 Å². The van der Waals surface area contributed by atoms with Crippen molar-refractivity contribution < 1.29 is 8.42 Å². The molecule has 0 fully saturated rings. The van der Waals surface area contributed by atoms with Gasteiger partial charge in [-0.2, -0.15) is 4.31 Å². The zero-order valence-corrected chi connectivity index (χ0v) is 13.0. The Bertz CT molecular complexity index is 526. The Hall–Kier alpha value is -0.660. The summed E-state index contributed by atoms with van der Waals surface area (Å²) in [5.41, 5.74) is 0. The molecule has 0 aliphatic rings. The van der Waals surface area contributed by atoms with E-state index in [1.165, 1.54) is 4.31 Å². The number of sulfonamides is 1. The molecule has 3 nitrogen and oxygen atoms in total. The summed E-state index contributed by atoms with van der Waals surface area (Å²) >= 11 is 2.03. The van der Waals surface area contributed by atoms with Crippen LogP contribution in [0.5, 0.6) is 0 Å². The summed E-state index contributed by atoms with van der Waals surface area (Å²) in [7, 11) is -3.46. The molecule has 0 amide bonds. The second-order valence-electron chi connectivity index (χ2n) is 3.66. The van der Waals surface area contributed by atoms with Gasteiger partial charge in [-0.1, -0.05) is 24.3 Å². The van der Waals surface area contributed by atoms with E-state index in [9.17, 15) is 8.42 Å².